The highest BCUT2D eigenvalue weighted by atomic mass is 16.6. The Morgan fingerprint density at radius 1 is 1.09 bits per heavy atom. The average molecular weight is 659 g/mol. The minimum atomic E-state index is -1.50. The number of hydrogen-bond donors (Lipinski definition) is 2. The number of likely N-dealkylation sites (N-methyl/N-ethyl adjacent to an activating group) is 1. The lowest BCUT2D eigenvalue weighted by atomic mass is 9.50. The second kappa shape index (κ2) is 12.0. The number of amides is 1. The van der Waals surface area contributed by atoms with Crippen molar-refractivity contribution in [3.05, 3.63) is 35.1 Å². The van der Waals surface area contributed by atoms with Crippen LogP contribution in [0.15, 0.2) is 24.0 Å². The molecule has 5 rings (SSSR count). The van der Waals surface area contributed by atoms with Crippen LogP contribution in [0, 0.1) is 0 Å². The van der Waals surface area contributed by atoms with Gasteiger partial charge in [-0.2, -0.15) is 0 Å². The van der Waals surface area contributed by atoms with Gasteiger partial charge in [-0.3, -0.25) is 4.79 Å². The molecule has 1 saturated heterocycles. The number of carbonyl (C=O) groups is 4. The number of alkyl carbamates (subject to hydrolysis) is 1. The van der Waals surface area contributed by atoms with Crippen molar-refractivity contribution in [2.24, 2.45) is 0 Å². The van der Waals surface area contributed by atoms with Crippen LogP contribution in [0.2, 0.25) is 0 Å². The highest BCUT2D eigenvalue weighted by Gasteiger charge is 2.72. The molecule has 2 aliphatic carbocycles. The molecule has 0 saturated carbocycles. The first-order valence-corrected chi connectivity index (χ1v) is 15.9. The minimum Gasteiger partial charge on any atom is -0.493 e. The van der Waals surface area contributed by atoms with E-state index in [2.05, 4.69) is 10.2 Å². The number of carbonyl (C=O) groups excluding carboxylic acids is 4. The summed E-state index contributed by atoms with van der Waals surface area (Å²) in [5.74, 6) is -1.46. The molecule has 0 aromatic heterocycles. The molecule has 0 radical (unpaired) electrons. The first kappa shape index (κ1) is 34.5. The van der Waals surface area contributed by atoms with Crippen molar-refractivity contribution < 1.29 is 52.7 Å². The Kier molecular flexibility index (Phi) is 8.80. The number of nitrogens with zero attached hydrogens (tertiary/aromatic N) is 1. The summed E-state index contributed by atoms with van der Waals surface area (Å²) >= 11 is 0. The summed E-state index contributed by atoms with van der Waals surface area (Å²) < 4.78 is 34.0. The zero-order valence-corrected chi connectivity index (χ0v) is 28.6. The van der Waals surface area contributed by atoms with Crippen molar-refractivity contribution in [1.82, 2.24) is 10.2 Å². The molecule has 2 heterocycles. The fourth-order valence-electron chi connectivity index (χ4n) is 7.28. The van der Waals surface area contributed by atoms with Crippen LogP contribution in [-0.2, 0) is 45.2 Å². The van der Waals surface area contributed by atoms with Gasteiger partial charge in [0.05, 0.1) is 24.5 Å². The summed E-state index contributed by atoms with van der Waals surface area (Å²) in [5.41, 5.74) is -1.86. The molecule has 13 nitrogen and oxygen atoms in total. The molecule has 47 heavy (non-hydrogen) atoms. The maximum atomic E-state index is 13.4. The Morgan fingerprint density at radius 2 is 1.77 bits per heavy atom. The first-order chi connectivity index (χ1) is 21.8. The topological polar surface area (TPSA) is 159 Å². The van der Waals surface area contributed by atoms with E-state index in [1.807, 2.05) is 19.2 Å². The van der Waals surface area contributed by atoms with E-state index in [0.29, 0.717) is 30.9 Å². The second-order valence-electron chi connectivity index (χ2n) is 14.8. The number of benzene rings is 1. The number of ether oxygens (including phenoxy) is 6. The van der Waals surface area contributed by atoms with Crippen molar-refractivity contribution >= 4 is 24.0 Å². The van der Waals surface area contributed by atoms with Crippen LogP contribution >= 0.6 is 0 Å². The van der Waals surface area contributed by atoms with Crippen molar-refractivity contribution in [1.29, 1.82) is 0 Å². The minimum absolute atomic E-state index is 0.179. The predicted octanol–water partition coefficient (Wildman–Crippen LogP) is 3.07. The number of hydrogen-bond acceptors (Lipinski definition) is 12. The molecule has 2 bridgehead atoms. The Balaban J connectivity index is 1.35. The summed E-state index contributed by atoms with van der Waals surface area (Å²) in [7, 11) is 3.55. The van der Waals surface area contributed by atoms with Gasteiger partial charge in [0.15, 0.2) is 23.7 Å². The largest absolute Gasteiger partial charge is 0.493 e. The Bertz CT molecular complexity index is 1460. The quantitative estimate of drug-likeness (QED) is 0.311. The number of methoxy groups -OCH3 is 1. The van der Waals surface area contributed by atoms with E-state index < -0.39 is 70.9 Å². The molecular weight excluding hydrogens is 612 g/mol. The third-order valence-corrected chi connectivity index (χ3v) is 9.17. The van der Waals surface area contributed by atoms with Gasteiger partial charge >= 0.3 is 24.0 Å². The number of nitrogens with one attached hydrogen (secondary N) is 1. The number of rotatable bonds is 8. The monoisotopic (exact) mass is 658 g/mol. The van der Waals surface area contributed by atoms with Crippen LogP contribution in [0.3, 0.4) is 0 Å². The SMILES string of the molecule is COc1ccc2c3c1O[C@H]1C(OC(=O)C(C)OC(=O)C(CC(=O)OC(C)(C)C)NC(=O)OC(C)(C)C)=CC[C@@]4(O)[C@@H](C2)N(C)CC[C@]314. The second-order valence-corrected chi connectivity index (χ2v) is 14.8. The lowest BCUT2D eigenvalue weighted by molar-refractivity contribution is -0.176. The van der Waals surface area contributed by atoms with Crippen LogP contribution in [0.1, 0.15) is 78.9 Å². The zero-order chi connectivity index (χ0) is 34.7. The number of piperidine rings is 1. The van der Waals surface area contributed by atoms with E-state index in [1.165, 1.54) is 6.92 Å². The fraction of sp³-hybridized carbons (Fsp3) is 0.647. The van der Waals surface area contributed by atoms with Gasteiger partial charge < -0.3 is 43.7 Å². The molecule has 1 aromatic rings. The molecule has 2 N–H and O–H groups in total. The van der Waals surface area contributed by atoms with Crippen LogP contribution in [0.4, 0.5) is 4.79 Å². The molecule has 4 aliphatic rings. The molecule has 2 unspecified atom stereocenters. The first-order valence-electron chi connectivity index (χ1n) is 15.9. The maximum Gasteiger partial charge on any atom is 0.408 e. The van der Waals surface area contributed by atoms with Gasteiger partial charge in [-0.25, -0.2) is 14.4 Å². The Hall–Kier alpha value is -3.84. The predicted molar refractivity (Wildman–Crippen MR) is 167 cm³/mol. The van der Waals surface area contributed by atoms with Crippen LogP contribution in [-0.4, -0.2) is 95.8 Å². The van der Waals surface area contributed by atoms with Crippen LogP contribution in [0.25, 0.3) is 0 Å². The molecule has 258 valence electrons. The molecule has 13 heteroatoms. The van der Waals surface area contributed by atoms with Gasteiger partial charge in [-0.05, 0) is 92.6 Å². The normalized spacial score (nSPS) is 27.2. The standard InChI is InChI=1S/C34H46N2O11/c1-18(43-29(39)20(17-24(37)46-31(2,3)4)35-30(40)47-32(5,6)7)28(38)44-22-12-13-34(41)23-16-19-10-11-21(42-9)26-25(19)33(34,27(22)45-26)14-15-36(23)8/h10-12,18,20,23,27,41H,13-17H2,1-9H3,(H,35,40)/t18?,20?,23-,27+,33+,34-/m1/s1. The van der Waals surface area contributed by atoms with E-state index in [-0.39, 0.29) is 18.2 Å². The highest BCUT2D eigenvalue weighted by molar-refractivity contribution is 5.88. The Labute approximate surface area is 274 Å². The lowest BCUT2D eigenvalue weighted by Crippen LogP contribution is -2.74. The average Bonchev–Trinajstić information content (AvgIpc) is 3.30. The molecule has 1 aromatic carbocycles. The van der Waals surface area contributed by atoms with Gasteiger partial charge in [-0.15, -0.1) is 0 Å². The number of esters is 3. The number of likely N-dealkylation sites (tertiary alicyclic amines) is 1. The summed E-state index contributed by atoms with van der Waals surface area (Å²) in [6, 6.07) is 2.16. The van der Waals surface area contributed by atoms with E-state index >= 15 is 0 Å². The third-order valence-electron chi connectivity index (χ3n) is 9.17. The van der Waals surface area contributed by atoms with Gasteiger partial charge in [0.2, 0.25) is 0 Å². The van der Waals surface area contributed by atoms with Crippen LogP contribution < -0.4 is 14.8 Å². The molecular formula is C34H46N2O11. The van der Waals surface area contributed by atoms with Gasteiger partial charge in [0, 0.05) is 18.0 Å². The highest BCUT2D eigenvalue weighted by Crippen LogP contribution is 2.65. The summed E-state index contributed by atoms with van der Waals surface area (Å²) in [5, 5.41) is 14.7. The van der Waals surface area contributed by atoms with Crippen molar-refractivity contribution in [3.8, 4) is 11.5 Å². The van der Waals surface area contributed by atoms with Gasteiger partial charge in [0.1, 0.15) is 23.0 Å². The van der Waals surface area contributed by atoms with Gasteiger partial charge in [0.25, 0.3) is 0 Å². The van der Waals surface area contributed by atoms with Crippen molar-refractivity contribution in [3.63, 3.8) is 0 Å². The summed E-state index contributed by atoms with van der Waals surface area (Å²) in [6.45, 7) is 12.0. The van der Waals surface area contributed by atoms with Crippen LogP contribution in [0.5, 0.6) is 11.5 Å². The van der Waals surface area contributed by atoms with E-state index in [1.54, 1.807) is 54.7 Å². The number of aliphatic hydroxyl groups is 1. The van der Waals surface area contributed by atoms with E-state index in [0.717, 1.165) is 11.1 Å². The lowest BCUT2D eigenvalue weighted by Gasteiger charge is -2.61. The van der Waals surface area contributed by atoms with E-state index in [9.17, 15) is 24.3 Å². The molecule has 6 atom stereocenters. The Morgan fingerprint density at radius 3 is 2.40 bits per heavy atom. The maximum absolute atomic E-state index is 13.4. The van der Waals surface area contributed by atoms with Crippen molar-refractivity contribution in [2.75, 3.05) is 20.7 Å². The van der Waals surface area contributed by atoms with Gasteiger partial charge in [-0.1, -0.05) is 6.07 Å². The van der Waals surface area contributed by atoms with Crippen molar-refractivity contribution in [2.45, 2.75) is 121 Å². The summed E-state index contributed by atoms with van der Waals surface area (Å²) in [4.78, 5) is 54.0. The zero-order valence-electron chi connectivity index (χ0n) is 28.6. The molecule has 1 spiro atoms. The fourth-order valence-corrected chi connectivity index (χ4v) is 7.28. The molecule has 1 amide bonds. The summed E-state index contributed by atoms with van der Waals surface area (Å²) in [6.07, 6.45) is -0.707. The molecule has 1 fully saturated rings. The van der Waals surface area contributed by atoms with E-state index in [4.69, 9.17) is 28.4 Å². The third kappa shape index (κ3) is 6.27. The molecule has 2 aliphatic heterocycles. The smallest absolute Gasteiger partial charge is 0.408 e.